The summed E-state index contributed by atoms with van der Waals surface area (Å²) in [6.45, 7) is 3.40. The molecule has 0 radical (unpaired) electrons. The first-order chi connectivity index (χ1) is 13.6. The lowest BCUT2D eigenvalue weighted by Crippen LogP contribution is -2.25. The lowest BCUT2D eigenvalue weighted by atomic mass is 10.2. The third-order valence-electron chi connectivity index (χ3n) is 4.27. The molecule has 3 aromatic rings. The third-order valence-corrected chi connectivity index (χ3v) is 6.20. The summed E-state index contributed by atoms with van der Waals surface area (Å²) in [7, 11) is 0. The van der Waals surface area contributed by atoms with Crippen molar-refractivity contribution in [1.82, 2.24) is 15.0 Å². The van der Waals surface area contributed by atoms with Gasteiger partial charge in [-0.15, -0.1) is 28.2 Å². The van der Waals surface area contributed by atoms with Crippen molar-refractivity contribution in [2.45, 2.75) is 25.0 Å². The Kier molecular flexibility index (Phi) is 5.15. The molecule has 0 bridgehead atoms. The van der Waals surface area contributed by atoms with E-state index in [0.717, 1.165) is 31.6 Å². The molecular weight excluding hydrogens is 392 g/mol. The second-order valence-electron chi connectivity index (χ2n) is 6.19. The topological polar surface area (TPSA) is 67.7 Å². The molecule has 3 heterocycles. The highest BCUT2D eigenvalue weighted by molar-refractivity contribution is 7.98. The number of aromatic nitrogens is 2. The van der Waals surface area contributed by atoms with Crippen molar-refractivity contribution in [3.8, 4) is 10.6 Å². The number of hydrogen-bond acceptors (Lipinski definition) is 7. The maximum Gasteiger partial charge on any atom is 0.253 e. The van der Waals surface area contributed by atoms with Gasteiger partial charge >= 0.3 is 0 Å². The highest BCUT2D eigenvalue weighted by Gasteiger charge is 2.34. The van der Waals surface area contributed by atoms with Crippen molar-refractivity contribution in [2.24, 2.45) is 5.10 Å². The Balaban J connectivity index is 1.66. The predicted molar refractivity (Wildman–Crippen MR) is 111 cm³/mol. The molecule has 1 aromatic carbocycles. The number of thiazole rings is 1. The Morgan fingerprint density at radius 3 is 2.68 bits per heavy atom. The number of ether oxygens (including phenoxy) is 1. The number of hydrazone groups is 1. The van der Waals surface area contributed by atoms with Crippen LogP contribution >= 0.6 is 23.1 Å². The summed E-state index contributed by atoms with van der Waals surface area (Å²) >= 11 is 3.14. The van der Waals surface area contributed by atoms with Crippen LogP contribution in [0.1, 0.15) is 29.3 Å². The zero-order valence-electron chi connectivity index (χ0n) is 15.6. The van der Waals surface area contributed by atoms with Gasteiger partial charge in [0.25, 0.3) is 5.90 Å². The first-order valence-electron chi connectivity index (χ1n) is 8.64. The Morgan fingerprint density at radius 1 is 1.25 bits per heavy atom. The lowest BCUT2D eigenvalue weighted by molar-refractivity contribution is -0.135. The van der Waals surface area contributed by atoms with E-state index in [2.05, 4.69) is 15.1 Å². The van der Waals surface area contributed by atoms with E-state index in [4.69, 9.17) is 4.74 Å². The van der Waals surface area contributed by atoms with Gasteiger partial charge in [-0.1, -0.05) is 12.1 Å². The molecule has 0 N–H and O–H groups in total. The van der Waals surface area contributed by atoms with Gasteiger partial charge in [0, 0.05) is 35.3 Å². The molecular formula is C20H18N4O2S2. The summed E-state index contributed by atoms with van der Waals surface area (Å²) in [6, 6.07) is 11.8. The van der Waals surface area contributed by atoms with E-state index in [1.165, 1.54) is 23.3 Å². The fraction of sp³-hybridized carbons (Fsp3) is 0.200. The van der Waals surface area contributed by atoms with Crippen LogP contribution in [0.3, 0.4) is 0 Å². The van der Waals surface area contributed by atoms with E-state index >= 15 is 0 Å². The number of nitrogens with zero attached hydrogens (tertiary/aromatic N) is 4. The first-order valence-corrected chi connectivity index (χ1v) is 10.7. The lowest BCUT2D eigenvalue weighted by Gasteiger charge is -2.19. The SMILES string of the molecule is CSc1ccc(C2OC(c3sc(-c4cccnc4)nc3C)=NN2C(C)=O)cc1. The first kappa shape index (κ1) is 18.6. The number of aryl methyl sites for hydroxylation is 1. The highest BCUT2D eigenvalue weighted by Crippen LogP contribution is 2.35. The zero-order valence-corrected chi connectivity index (χ0v) is 17.3. The number of amides is 1. The normalized spacial score (nSPS) is 16.0. The van der Waals surface area contributed by atoms with E-state index in [0.29, 0.717) is 5.90 Å². The fourth-order valence-electron chi connectivity index (χ4n) is 2.85. The smallest absolute Gasteiger partial charge is 0.253 e. The van der Waals surface area contributed by atoms with Crippen LogP contribution in [0.4, 0.5) is 0 Å². The molecule has 0 spiro atoms. The van der Waals surface area contributed by atoms with Gasteiger partial charge in [0.1, 0.15) is 9.88 Å². The molecule has 0 saturated heterocycles. The number of rotatable bonds is 4. The van der Waals surface area contributed by atoms with Crippen LogP contribution in [0.15, 0.2) is 58.8 Å². The van der Waals surface area contributed by atoms with Crippen molar-refractivity contribution < 1.29 is 9.53 Å². The van der Waals surface area contributed by atoms with E-state index in [9.17, 15) is 4.79 Å². The molecule has 4 rings (SSSR count). The highest BCUT2D eigenvalue weighted by atomic mass is 32.2. The van der Waals surface area contributed by atoms with Crippen molar-refractivity contribution >= 4 is 34.9 Å². The number of benzene rings is 1. The van der Waals surface area contributed by atoms with Crippen LogP contribution in [-0.4, -0.2) is 33.0 Å². The minimum absolute atomic E-state index is 0.177. The number of carbonyl (C=O) groups excluding carboxylic acids is 1. The van der Waals surface area contributed by atoms with Gasteiger partial charge in [-0.2, -0.15) is 5.01 Å². The monoisotopic (exact) mass is 410 g/mol. The van der Waals surface area contributed by atoms with Crippen molar-refractivity contribution in [3.63, 3.8) is 0 Å². The molecule has 0 saturated carbocycles. The number of hydrogen-bond donors (Lipinski definition) is 0. The van der Waals surface area contributed by atoms with Gasteiger partial charge in [0.15, 0.2) is 0 Å². The maximum absolute atomic E-state index is 12.2. The minimum Gasteiger partial charge on any atom is -0.445 e. The Bertz CT molecular complexity index is 1030. The molecule has 142 valence electrons. The summed E-state index contributed by atoms with van der Waals surface area (Å²) in [6.07, 6.45) is 4.95. The quantitative estimate of drug-likeness (QED) is 0.594. The molecule has 1 aliphatic rings. The molecule has 0 aliphatic carbocycles. The van der Waals surface area contributed by atoms with Crippen LogP contribution in [0.25, 0.3) is 10.6 Å². The van der Waals surface area contributed by atoms with Crippen molar-refractivity contribution in [1.29, 1.82) is 0 Å². The van der Waals surface area contributed by atoms with E-state index in [1.54, 1.807) is 24.2 Å². The predicted octanol–water partition coefficient (Wildman–Crippen LogP) is 4.47. The molecule has 28 heavy (non-hydrogen) atoms. The van der Waals surface area contributed by atoms with Gasteiger partial charge in [-0.05, 0) is 37.4 Å². The molecule has 8 heteroatoms. The fourth-order valence-corrected chi connectivity index (χ4v) is 4.24. The van der Waals surface area contributed by atoms with Crippen LogP contribution in [-0.2, 0) is 9.53 Å². The molecule has 1 unspecified atom stereocenters. The maximum atomic E-state index is 12.2. The largest absolute Gasteiger partial charge is 0.445 e. The summed E-state index contributed by atoms with van der Waals surface area (Å²) in [5.74, 6) is 0.239. The number of thioether (sulfide) groups is 1. The standard InChI is InChI=1S/C20H18N4O2S2/c1-12-17(28-19(22-12)15-5-4-10-21-11-15)18-23-24(13(2)25)20(26-18)14-6-8-16(27-3)9-7-14/h4-11,20H,1-3H3. The Hall–Kier alpha value is -2.71. The van der Waals surface area contributed by atoms with Crippen LogP contribution in [0.5, 0.6) is 0 Å². The summed E-state index contributed by atoms with van der Waals surface area (Å²) in [5.41, 5.74) is 2.62. The van der Waals surface area contributed by atoms with E-state index in [-0.39, 0.29) is 5.91 Å². The molecule has 6 nitrogen and oxygen atoms in total. The van der Waals surface area contributed by atoms with Gasteiger partial charge in [0.05, 0.1) is 5.69 Å². The number of carbonyl (C=O) groups is 1. The Labute approximate surface area is 171 Å². The average Bonchev–Trinajstić information content (AvgIpc) is 3.33. The average molecular weight is 411 g/mol. The summed E-state index contributed by atoms with van der Waals surface area (Å²) < 4.78 is 6.11. The molecule has 0 fully saturated rings. The zero-order chi connectivity index (χ0) is 19.7. The van der Waals surface area contributed by atoms with Gasteiger partial charge in [0.2, 0.25) is 12.1 Å². The molecule has 1 aliphatic heterocycles. The van der Waals surface area contributed by atoms with E-state index in [1.807, 2.05) is 49.6 Å². The van der Waals surface area contributed by atoms with E-state index < -0.39 is 6.23 Å². The molecule has 1 amide bonds. The van der Waals surface area contributed by atoms with Crippen LogP contribution < -0.4 is 0 Å². The second kappa shape index (κ2) is 7.73. The molecule has 2 aromatic heterocycles. The third kappa shape index (κ3) is 3.53. The van der Waals surface area contributed by atoms with Crippen molar-refractivity contribution in [3.05, 3.63) is 64.9 Å². The van der Waals surface area contributed by atoms with Crippen LogP contribution in [0.2, 0.25) is 0 Å². The summed E-state index contributed by atoms with van der Waals surface area (Å²) in [4.78, 5) is 22.9. The Morgan fingerprint density at radius 2 is 2.04 bits per heavy atom. The van der Waals surface area contributed by atoms with Gasteiger partial charge in [-0.25, -0.2) is 4.98 Å². The number of pyridine rings is 1. The second-order valence-corrected chi connectivity index (χ2v) is 8.07. The summed E-state index contributed by atoms with van der Waals surface area (Å²) in [5, 5.41) is 6.68. The van der Waals surface area contributed by atoms with Crippen molar-refractivity contribution in [2.75, 3.05) is 6.26 Å². The van der Waals surface area contributed by atoms with Gasteiger partial charge < -0.3 is 4.74 Å². The minimum atomic E-state index is -0.577. The molecule has 1 atom stereocenters. The van der Waals surface area contributed by atoms with Gasteiger partial charge in [-0.3, -0.25) is 9.78 Å². The van der Waals surface area contributed by atoms with Crippen LogP contribution in [0, 0.1) is 6.92 Å².